The average molecular weight is 456 g/mol. The van der Waals surface area contributed by atoms with E-state index in [0.29, 0.717) is 28.7 Å². The normalized spacial score (nSPS) is 11.7. The van der Waals surface area contributed by atoms with Gasteiger partial charge >= 0.3 is 6.18 Å². The molecule has 1 aromatic carbocycles. The number of hydrogen-bond donors (Lipinski definition) is 1. The summed E-state index contributed by atoms with van der Waals surface area (Å²) in [4.78, 5) is 25.1. The highest BCUT2D eigenvalue weighted by Crippen LogP contribution is 2.29. The zero-order valence-corrected chi connectivity index (χ0v) is 17.7. The molecule has 4 rings (SSSR count). The molecule has 0 atom stereocenters. The maximum absolute atomic E-state index is 12.6. The number of pyridine rings is 1. The Hall–Kier alpha value is -4.02. The number of carbonyl (C=O) groups excluding carboxylic acids is 1. The van der Waals surface area contributed by atoms with Crippen LogP contribution in [0.3, 0.4) is 0 Å². The van der Waals surface area contributed by atoms with Gasteiger partial charge in [-0.3, -0.25) is 9.36 Å². The lowest BCUT2D eigenvalue weighted by Crippen LogP contribution is -2.23. The molecule has 0 aliphatic carbocycles. The number of halogens is 3. The first kappa shape index (κ1) is 22.2. The number of benzene rings is 1. The lowest BCUT2D eigenvalue weighted by molar-refractivity contribution is -0.137. The van der Waals surface area contributed by atoms with Crippen molar-refractivity contribution in [3.8, 4) is 17.3 Å². The Balaban J connectivity index is 1.39. The van der Waals surface area contributed by atoms with E-state index in [2.05, 4.69) is 25.4 Å². The van der Waals surface area contributed by atoms with Crippen LogP contribution >= 0.6 is 0 Å². The van der Waals surface area contributed by atoms with Crippen LogP contribution in [-0.2, 0) is 12.7 Å². The molecule has 0 saturated carbocycles. The van der Waals surface area contributed by atoms with E-state index in [0.717, 1.165) is 12.1 Å². The van der Waals surface area contributed by atoms with E-state index in [1.54, 1.807) is 22.9 Å². The molecule has 11 heteroatoms. The Labute approximate surface area is 186 Å². The molecular formula is C22H19F3N6O2. The van der Waals surface area contributed by atoms with Gasteiger partial charge in [-0.2, -0.15) is 18.2 Å². The van der Waals surface area contributed by atoms with E-state index in [-0.39, 0.29) is 18.2 Å². The van der Waals surface area contributed by atoms with Gasteiger partial charge in [0.1, 0.15) is 17.8 Å². The van der Waals surface area contributed by atoms with Crippen molar-refractivity contribution in [1.82, 2.24) is 30.0 Å². The minimum atomic E-state index is -4.40. The third kappa shape index (κ3) is 5.08. The number of nitrogens with one attached hydrogen (secondary N) is 1. The zero-order chi connectivity index (χ0) is 23.6. The lowest BCUT2D eigenvalue weighted by Gasteiger charge is -2.08. The highest BCUT2D eigenvalue weighted by atomic mass is 19.4. The molecule has 0 radical (unpaired) electrons. The Morgan fingerprint density at radius 2 is 1.88 bits per heavy atom. The van der Waals surface area contributed by atoms with E-state index < -0.39 is 17.6 Å². The van der Waals surface area contributed by atoms with Crippen LogP contribution in [0, 0.1) is 0 Å². The lowest BCUT2D eigenvalue weighted by atomic mass is 10.1. The highest BCUT2D eigenvalue weighted by Gasteiger charge is 2.29. The Morgan fingerprint density at radius 3 is 2.48 bits per heavy atom. The van der Waals surface area contributed by atoms with E-state index in [1.165, 1.54) is 24.7 Å². The molecule has 1 N–H and O–H groups in total. The molecule has 8 nitrogen and oxygen atoms in total. The fourth-order valence-electron chi connectivity index (χ4n) is 2.90. The third-order valence-corrected chi connectivity index (χ3v) is 4.77. The third-order valence-electron chi connectivity index (χ3n) is 4.77. The van der Waals surface area contributed by atoms with Crippen molar-refractivity contribution in [2.75, 3.05) is 0 Å². The highest BCUT2D eigenvalue weighted by molar-refractivity contribution is 5.92. The smallest absolute Gasteiger partial charge is 0.347 e. The van der Waals surface area contributed by atoms with Crippen LogP contribution in [0.4, 0.5) is 13.2 Å². The van der Waals surface area contributed by atoms with E-state index in [9.17, 15) is 18.0 Å². The van der Waals surface area contributed by atoms with Gasteiger partial charge in [0, 0.05) is 24.9 Å². The maximum atomic E-state index is 12.6. The van der Waals surface area contributed by atoms with Crippen molar-refractivity contribution in [1.29, 1.82) is 0 Å². The summed E-state index contributed by atoms with van der Waals surface area (Å²) < 4.78 is 44.7. The Morgan fingerprint density at radius 1 is 1.12 bits per heavy atom. The number of aromatic nitrogens is 5. The van der Waals surface area contributed by atoms with Gasteiger partial charge in [0.25, 0.3) is 11.8 Å². The van der Waals surface area contributed by atoms with Crippen LogP contribution in [0.5, 0.6) is 0 Å². The van der Waals surface area contributed by atoms with Crippen molar-refractivity contribution in [3.05, 3.63) is 77.8 Å². The largest absolute Gasteiger partial charge is 0.416 e. The van der Waals surface area contributed by atoms with Gasteiger partial charge in [0.2, 0.25) is 0 Å². The number of rotatable bonds is 6. The fourth-order valence-corrected chi connectivity index (χ4v) is 2.90. The molecule has 3 aromatic heterocycles. The first-order chi connectivity index (χ1) is 15.7. The molecular weight excluding hydrogens is 437 g/mol. The van der Waals surface area contributed by atoms with E-state index in [1.807, 2.05) is 13.8 Å². The Bertz CT molecular complexity index is 1240. The topological polar surface area (TPSA) is 98.7 Å². The molecule has 1 amide bonds. The van der Waals surface area contributed by atoms with Gasteiger partial charge in [-0.25, -0.2) is 9.97 Å². The predicted octanol–water partition coefficient (Wildman–Crippen LogP) is 4.39. The van der Waals surface area contributed by atoms with Crippen molar-refractivity contribution in [2.24, 2.45) is 0 Å². The molecule has 0 spiro atoms. The van der Waals surface area contributed by atoms with Gasteiger partial charge in [-0.05, 0) is 29.8 Å². The van der Waals surface area contributed by atoms with Crippen LogP contribution in [0.2, 0.25) is 0 Å². The molecule has 33 heavy (non-hydrogen) atoms. The first-order valence-electron chi connectivity index (χ1n) is 9.99. The molecule has 3 heterocycles. The summed E-state index contributed by atoms with van der Waals surface area (Å²) in [6.07, 6.45) is 0.132. The summed E-state index contributed by atoms with van der Waals surface area (Å²) in [6.45, 7) is 4.00. The number of hydrogen-bond acceptors (Lipinski definition) is 6. The van der Waals surface area contributed by atoms with Crippen molar-refractivity contribution in [2.45, 2.75) is 32.5 Å². The number of nitrogens with zero attached hydrogens (tertiary/aromatic N) is 5. The van der Waals surface area contributed by atoms with Crippen LogP contribution in [0.1, 0.15) is 47.2 Å². The van der Waals surface area contributed by atoms with Crippen LogP contribution in [0.15, 0.2) is 59.6 Å². The van der Waals surface area contributed by atoms with Crippen molar-refractivity contribution in [3.63, 3.8) is 0 Å². The number of amides is 1. The van der Waals surface area contributed by atoms with E-state index in [4.69, 9.17) is 4.52 Å². The minimum absolute atomic E-state index is 0.0688. The van der Waals surface area contributed by atoms with Gasteiger partial charge in [0.05, 0.1) is 11.1 Å². The summed E-state index contributed by atoms with van der Waals surface area (Å²) in [5.74, 6) is 1.18. The molecule has 4 aromatic rings. The molecule has 0 aliphatic rings. The molecule has 0 saturated heterocycles. The second kappa shape index (κ2) is 8.85. The fraction of sp³-hybridized carbons (Fsp3) is 0.227. The minimum Gasteiger partial charge on any atom is -0.347 e. The van der Waals surface area contributed by atoms with Gasteiger partial charge in [0.15, 0.2) is 5.82 Å². The van der Waals surface area contributed by atoms with Crippen molar-refractivity contribution >= 4 is 5.91 Å². The van der Waals surface area contributed by atoms with Crippen LogP contribution in [0.25, 0.3) is 17.3 Å². The quantitative estimate of drug-likeness (QED) is 0.462. The molecule has 0 fully saturated rings. The summed E-state index contributed by atoms with van der Waals surface area (Å²) in [7, 11) is 0. The maximum Gasteiger partial charge on any atom is 0.416 e. The monoisotopic (exact) mass is 456 g/mol. The van der Waals surface area contributed by atoms with Gasteiger partial charge < -0.3 is 9.84 Å². The van der Waals surface area contributed by atoms with Gasteiger partial charge in [-0.15, -0.1) is 0 Å². The molecule has 0 unspecified atom stereocenters. The van der Waals surface area contributed by atoms with E-state index >= 15 is 0 Å². The van der Waals surface area contributed by atoms with Crippen LogP contribution < -0.4 is 5.32 Å². The molecule has 170 valence electrons. The van der Waals surface area contributed by atoms with Crippen molar-refractivity contribution < 1.29 is 22.5 Å². The summed E-state index contributed by atoms with van der Waals surface area (Å²) in [5, 5.41) is 6.56. The SMILES string of the molecule is CC(C)c1noc(-c2ccc(-n3cnc(C(=O)NCc4ccc(C(F)(F)F)cc4)c3)nc2)n1. The second-order valence-electron chi connectivity index (χ2n) is 7.56. The number of alkyl halides is 3. The average Bonchev–Trinajstić information content (AvgIpc) is 3.48. The Kier molecular flexibility index (Phi) is 5.95. The summed E-state index contributed by atoms with van der Waals surface area (Å²) >= 11 is 0. The standard InChI is InChI=1S/C22H19F3N6O2/c1-13(2)19-29-21(33-30-19)15-5-8-18(26-10-15)31-11-17(28-12-31)20(32)27-9-14-3-6-16(7-4-14)22(23,24)25/h3-8,10-13H,9H2,1-2H3,(H,27,32). The summed E-state index contributed by atoms with van der Waals surface area (Å²) in [6, 6.07) is 8.08. The second-order valence-corrected chi connectivity index (χ2v) is 7.56. The number of imidazole rings is 1. The molecule has 0 bridgehead atoms. The van der Waals surface area contributed by atoms with Crippen LogP contribution in [-0.4, -0.2) is 30.6 Å². The molecule has 0 aliphatic heterocycles. The zero-order valence-electron chi connectivity index (χ0n) is 17.7. The number of carbonyl (C=O) groups is 1. The first-order valence-corrected chi connectivity index (χ1v) is 9.99. The summed E-state index contributed by atoms with van der Waals surface area (Å²) in [5.41, 5.74) is 0.600. The van der Waals surface area contributed by atoms with Gasteiger partial charge in [-0.1, -0.05) is 31.1 Å². The predicted molar refractivity (Wildman–Crippen MR) is 111 cm³/mol.